The lowest BCUT2D eigenvalue weighted by Crippen LogP contribution is -2.28. The Labute approximate surface area is 236 Å². The molecule has 5 aromatic rings. The van der Waals surface area contributed by atoms with Crippen molar-refractivity contribution in [2.75, 3.05) is 18.4 Å². The lowest BCUT2D eigenvalue weighted by molar-refractivity contribution is 0.373. The molecule has 0 atom stereocenters. The Morgan fingerprint density at radius 1 is 1.18 bits per heavy atom. The van der Waals surface area contributed by atoms with Gasteiger partial charge in [0, 0.05) is 39.8 Å². The molecule has 0 radical (unpaired) electrons. The first kappa shape index (κ1) is 25.9. The summed E-state index contributed by atoms with van der Waals surface area (Å²) in [6.45, 7) is 12.8. The Morgan fingerprint density at radius 2 is 2.05 bits per heavy atom. The molecule has 0 aliphatic carbocycles. The number of hydrogen-bond donors (Lipinski definition) is 4. The molecular weight excluding hydrogens is 516 g/mol. The Bertz CT molecular complexity index is 1790. The number of thiophene rings is 1. The van der Waals surface area contributed by atoms with E-state index < -0.39 is 0 Å². The predicted molar refractivity (Wildman–Crippen MR) is 165 cm³/mol. The van der Waals surface area contributed by atoms with Crippen molar-refractivity contribution in [2.24, 2.45) is 5.92 Å². The highest BCUT2D eigenvalue weighted by atomic mass is 32.1. The third-order valence-corrected chi connectivity index (χ3v) is 7.97. The SMILES string of the molecule is C=C(CC1CCNCC1)Nc1cncc(C(=C)/C=c2/c(-c3nc4c(-c5ccsc5)nccc4[nH]3)n[nH]/c2=C/C)c1. The molecule has 1 aliphatic rings. The number of anilines is 1. The molecule has 40 heavy (non-hydrogen) atoms. The Hall–Kier alpha value is -4.34. The summed E-state index contributed by atoms with van der Waals surface area (Å²) in [4.78, 5) is 17.4. The monoisotopic (exact) mass is 548 g/mol. The average molecular weight is 549 g/mol. The summed E-state index contributed by atoms with van der Waals surface area (Å²) in [6, 6.07) is 6.06. The maximum absolute atomic E-state index is 4.93. The molecule has 9 heteroatoms. The van der Waals surface area contributed by atoms with E-state index in [0.717, 1.165) is 80.6 Å². The molecule has 6 heterocycles. The number of rotatable bonds is 8. The van der Waals surface area contributed by atoms with Crippen molar-refractivity contribution in [2.45, 2.75) is 26.2 Å². The molecule has 0 spiro atoms. The van der Waals surface area contributed by atoms with E-state index in [9.17, 15) is 0 Å². The summed E-state index contributed by atoms with van der Waals surface area (Å²) in [5.41, 5.74) is 8.02. The van der Waals surface area contributed by atoms with Crippen LogP contribution in [0.5, 0.6) is 0 Å². The summed E-state index contributed by atoms with van der Waals surface area (Å²) in [5, 5.41) is 20.6. The third-order valence-electron chi connectivity index (χ3n) is 7.28. The van der Waals surface area contributed by atoms with Crippen molar-refractivity contribution in [3.05, 3.63) is 82.5 Å². The second-order valence-corrected chi connectivity index (χ2v) is 10.9. The van der Waals surface area contributed by atoms with E-state index in [-0.39, 0.29) is 0 Å². The molecule has 4 N–H and O–H groups in total. The number of nitrogens with zero attached hydrogens (tertiary/aromatic N) is 4. The summed E-state index contributed by atoms with van der Waals surface area (Å²) in [7, 11) is 0. The van der Waals surface area contributed by atoms with E-state index in [2.05, 4.69) is 66.5 Å². The molecule has 0 bridgehead atoms. The molecule has 1 fully saturated rings. The smallest absolute Gasteiger partial charge is 0.159 e. The second kappa shape index (κ2) is 11.4. The Kier molecular flexibility index (Phi) is 7.39. The average Bonchev–Trinajstić information content (AvgIpc) is 3.73. The Morgan fingerprint density at radius 3 is 2.85 bits per heavy atom. The van der Waals surface area contributed by atoms with Crippen LogP contribution in [0.4, 0.5) is 5.69 Å². The van der Waals surface area contributed by atoms with Crippen molar-refractivity contribution in [1.82, 2.24) is 35.5 Å². The zero-order chi connectivity index (χ0) is 27.5. The summed E-state index contributed by atoms with van der Waals surface area (Å²) >= 11 is 1.64. The molecule has 0 aromatic carbocycles. The van der Waals surface area contributed by atoms with Gasteiger partial charge in [0.25, 0.3) is 0 Å². The summed E-state index contributed by atoms with van der Waals surface area (Å²) in [5.74, 6) is 1.34. The van der Waals surface area contributed by atoms with Gasteiger partial charge in [-0.05, 0) is 80.4 Å². The van der Waals surface area contributed by atoms with Gasteiger partial charge >= 0.3 is 0 Å². The van der Waals surface area contributed by atoms with Crippen molar-refractivity contribution < 1.29 is 0 Å². The molecule has 5 aromatic heterocycles. The van der Waals surface area contributed by atoms with E-state index in [1.807, 2.05) is 42.9 Å². The summed E-state index contributed by atoms with van der Waals surface area (Å²) in [6.07, 6.45) is 12.8. The largest absolute Gasteiger partial charge is 0.358 e. The molecule has 8 nitrogen and oxygen atoms in total. The number of H-pyrrole nitrogens is 2. The van der Waals surface area contributed by atoms with Gasteiger partial charge in [-0.25, -0.2) is 4.98 Å². The minimum Gasteiger partial charge on any atom is -0.358 e. The van der Waals surface area contributed by atoms with Crippen LogP contribution in [0.3, 0.4) is 0 Å². The Balaban J connectivity index is 1.30. The first-order valence-corrected chi connectivity index (χ1v) is 14.4. The molecule has 1 saturated heterocycles. The third kappa shape index (κ3) is 5.38. The molecule has 6 rings (SSSR count). The van der Waals surface area contributed by atoms with Gasteiger partial charge in [0.15, 0.2) is 5.82 Å². The topological polar surface area (TPSA) is 107 Å². The minimum atomic E-state index is 0.666. The van der Waals surface area contributed by atoms with E-state index in [1.54, 1.807) is 17.5 Å². The number of pyridine rings is 2. The number of aromatic nitrogens is 6. The van der Waals surface area contributed by atoms with Crippen LogP contribution in [0.25, 0.3) is 51.5 Å². The highest BCUT2D eigenvalue weighted by Crippen LogP contribution is 2.28. The van der Waals surface area contributed by atoms with E-state index in [0.29, 0.717) is 11.7 Å². The van der Waals surface area contributed by atoms with Crippen molar-refractivity contribution in [3.8, 4) is 22.8 Å². The first-order valence-electron chi connectivity index (χ1n) is 13.5. The highest BCUT2D eigenvalue weighted by molar-refractivity contribution is 7.08. The van der Waals surface area contributed by atoms with Crippen LogP contribution >= 0.6 is 11.3 Å². The van der Waals surface area contributed by atoms with Gasteiger partial charge in [0.2, 0.25) is 0 Å². The first-order chi connectivity index (χ1) is 19.6. The fraction of sp³-hybridized carbons (Fsp3) is 0.226. The van der Waals surface area contributed by atoms with Crippen LogP contribution < -0.4 is 21.2 Å². The van der Waals surface area contributed by atoms with Gasteiger partial charge in [-0.2, -0.15) is 16.4 Å². The van der Waals surface area contributed by atoms with Crippen LogP contribution in [0.2, 0.25) is 0 Å². The van der Waals surface area contributed by atoms with E-state index >= 15 is 0 Å². The normalized spacial score (nSPS) is 15.1. The molecule has 1 aliphatic heterocycles. The van der Waals surface area contributed by atoms with Gasteiger partial charge < -0.3 is 15.6 Å². The standard InChI is InChI=1S/C31H32N8S/c1-4-26-25(13-19(2)23-15-24(17-33-16-23)35-20(3)14-21-5-9-32-10-6-21)29(39-38-26)31-36-27-7-11-34-28(30(27)37-31)22-8-12-40-18-22/h4,7-8,11-13,15-18,21,32,35,38H,2-3,5-6,9-10,14H2,1H3,(H,36,37)/b25-13+,26-4+. The predicted octanol–water partition coefficient (Wildman–Crippen LogP) is 5.08. The van der Waals surface area contributed by atoms with Crippen LogP contribution in [-0.2, 0) is 0 Å². The minimum absolute atomic E-state index is 0.666. The number of aromatic amines is 2. The number of piperidine rings is 1. The zero-order valence-electron chi connectivity index (χ0n) is 22.5. The van der Waals surface area contributed by atoms with Gasteiger partial charge in [-0.15, -0.1) is 0 Å². The second-order valence-electron chi connectivity index (χ2n) is 10.1. The number of nitrogens with one attached hydrogen (secondary N) is 4. The van der Waals surface area contributed by atoms with Crippen molar-refractivity contribution in [1.29, 1.82) is 0 Å². The maximum Gasteiger partial charge on any atom is 0.159 e. The fourth-order valence-corrected chi connectivity index (χ4v) is 5.84. The number of imidazole rings is 1. The number of allylic oxidation sites excluding steroid dienone is 2. The van der Waals surface area contributed by atoms with Gasteiger partial charge in [0.05, 0.1) is 28.4 Å². The summed E-state index contributed by atoms with van der Waals surface area (Å²) < 4.78 is 0. The fourth-order valence-electron chi connectivity index (χ4n) is 5.20. The molecule has 202 valence electrons. The number of hydrogen-bond acceptors (Lipinski definition) is 7. The van der Waals surface area contributed by atoms with E-state index in [1.165, 1.54) is 12.8 Å². The van der Waals surface area contributed by atoms with Crippen molar-refractivity contribution >= 4 is 45.8 Å². The van der Waals surface area contributed by atoms with Gasteiger partial charge in [-0.1, -0.05) is 19.2 Å². The molecule has 0 unspecified atom stereocenters. The van der Waals surface area contributed by atoms with Crippen LogP contribution in [-0.4, -0.2) is 43.2 Å². The maximum atomic E-state index is 4.93. The quantitative estimate of drug-likeness (QED) is 0.215. The van der Waals surface area contributed by atoms with Crippen LogP contribution in [0.1, 0.15) is 31.7 Å². The number of fused-ring (bicyclic) bond motifs is 1. The lowest BCUT2D eigenvalue weighted by Gasteiger charge is -2.23. The van der Waals surface area contributed by atoms with Gasteiger partial charge in [-0.3, -0.25) is 15.1 Å². The zero-order valence-corrected chi connectivity index (χ0v) is 23.3. The van der Waals surface area contributed by atoms with Crippen LogP contribution in [0.15, 0.2) is 66.4 Å². The van der Waals surface area contributed by atoms with Crippen molar-refractivity contribution in [3.63, 3.8) is 0 Å². The lowest BCUT2D eigenvalue weighted by atomic mass is 9.93. The molecular formula is C31H32N8S. The molecule has 0 amide bonds. The highest BCUT2D eigenvalue weighted by Gasteiger charge is 2.16. The van der Waals surface area contributed by atoms with Gasteiger partial charge in [0.1, 0.15) is 11.2 Å². The van der Waals surface area contributed by atoms with Crippen LogP contribution in [0, 0.1) is 5.92 Å². The van der Waals surface area contributed by atoms with E-state index in [4.69, 9.17) is 4.98 Å². The molecule has 0 saturated carbocycles.